The fraction of sp³-hybridized carbons (Fsp3) is 0.133. The molecule has 6 heteroatoms. The van der Waals surface area contributed by atoms with Gasteiger partial charge in [-0.1, -0.05) is 24.3 Å². The van der Waals surface area contributed by atoms with Crippen molar-refractivity contribution in [3.63, 3.8) is 0 Å². The average Bonchev–Trinajstić information content (AvgIpc) is 2.45. The van der Waals surface area contributed by atoms with E-state index in [4.69, 9.17) is 4.74 Å². The van der Waals surface area contributed by atoms with E-state index < -0.39 is 4.92 Å². The molecule has 21 heavy (non-hydrogen) atoms. The molecule has 0 aliphatic heterocycles. The van der Waals surface area contributed by atoms with Crippen molar-refractivity contribution in [1.29, 1.82) is 0 Å². The van der Waals surface area contributed by atoms with Crippen LogP contribution in [-0.2, 0) is 4.79 Å². The Hall–Kier alpha value is -2.89. The first-order valence-electron chi connectivity index (χ1n) is 6.22. The lowest BCUT2D eigenvalue weighted by Gasteiger charge is -2.10. The monoisotopic (exact) mass is 286 g/mol. The molecule has 0 spiro atoms. The number of nitrogens with one attached hydrogen (secondary N) is 1. The van der Waals surface area contributed by atoms with Crippen LogP contribution in [0.5, 0.6) is 5.75 Å². The Morgan fingerprint density at radius 1 is 1.24 bits per heavy atom. The summed E-state index contributed by atoms with van der Waals surface area (Å²) in [6.45, 7) is 1.42. The summed E-state index contributed by atoms with van der Waals surface area (Å²) < 4.78 is 5.18. The highest BCUT2D eigenvalue weighted by molar-refractivity contribution is 5.90. The summed E-state index contributed by atoms with van der Waals surface area (Å²) in [7, 11) is 1.39. The topological polar surface area (TPSA) is 81.5 Å². The van der Waals surface area contributed by atoms with Crippen LogP contribution in [0.2, 0.25) is 0 Å². The number of carbonyl (C=O) groups is 1. The zero-order valence-electron chi connectivity index (χ0n) is 11.6. The number of benzene rings is 2. The summed E-state index contributed by atoms with van der Waals surface area (Å²) in [5, 5.41) is 13.7. The van der Waals surface area contributed by atoms with Gasteiger partial charge in [0.1, 0.15) is 0 Å². The van der Waals surface area contributed by atoms with Crippen molar-refractivity contribution in [2.45, 2.75) is 6.92 Å². The molecule has 0 unspecified atom stereocenters. The first kappa shape index (κ1) is 14.5. The normalized spacial score (nSPS) is 10.0. The first-order chi connectivity index (χ1) is 10.0. The van der Waals surface area contributed by atoms with Crippen LogP contribution < -0.4 is 10.1 Å². The molecule has 0 fully saturated rings. The third-order valence-electron chi connectivity index (χ3n) is 2.89. The maximum atomic E-state index is 11.1. The number of rotatable bonds is 4. The van der Waals surface area contributed by atoms with Gasteiger partial charge in [0.05, 0.1) is 12.0 Å². The molecular formula is C15H14N2O4. The van der Waals surface area contributed by atoms with Crippen molar-refractivity contribution in [3.05, 3.63) is 52.6 Å². The van der Waals surface area contributed by atoms with E-state index >= 15 is 0 Å². The van der Waals surface area contributed by atoms with E-state index in [1.54, 1.807) is 36.4 Å². The highest BCUT2D eigenvalue weighted by atomic mass is 16.6. The van der Waals surface area contributed by atoms with Crippen LogP contribution in [0.3, 0.4) is 0 Å². The highest BCUT2D eigenvalue weighted by Gasteiger charge is 2.19. The van der Waals surface area contributed by atoms with Crippen LogP contribution in [0, 0.1) is 10.1 Å². The molecule has 0 bridgehead atoms. The van der Waals surface area contributed by atoms with Crippen molar-refractivity contribution in [1.82, 2.24) is 0 Å². The Bertz CT molecular complexity index is 698. The number of nitrogens with zero attached hydrogens (tertiary/aromatic N) is 1. The minimum atomic E-state index is -0.486. The van der Waals surface area contributed by atoms with Crippen LogP contribution in [0.15, 0.2) is 42.5 Å². The molecule has 2 aromatic carbocycles. The number of anilines is 1. The lowest BCUT2D eigenvalue weighted by atomic mass is 10.0. The number of ether oxygens (including phenoxy) is 1. The number of nitro benzene ring substituents is 1. The van der Waals surface area contributed by atoms with Crippen LogP contribution in [0.1, 0.15) is 6.92 Å². The molecule has 2 rings (SSSR count). The molecule has 0 atom stereocenters. The van der Waals surface area contributed by atoms with E-state index in [1.807, 2.05) is 0 Å². The van der Waals surface area contributed by atoms with Crippen LogP contribution in [0.4, 0.5) is 11.4 Å². The SMILES string of the molecule is COc1c(-c2cccc(NC(C)=O)c2)cccc1[N+](=O)[O-]. The predicted octanol–water partition coefficient (Wildman–Crippen LogP) is 3.23. The lowest BCUT2D eigenvalue weighted by Crippen LogP contribution is -2.05. The van der Waals surface area contributed by atoms with Crippen molar-refractivity contribution in [2.24, 2.45) is 0 Å². The Morgan fingerprint density at radius 3 is 2.57 bits per heavy atom. The quantitative estimate of drug-likeness (QED) is 0.691. The molecule has 0 aliphatic rings. The summed E-state index contributed by atoms with van der Waals surface area (Å²) in [6.07, 6.45) is 0. The third-order valence-corrected chi connectivity index (χ3v) is 2.89. The Kier molecular flexibility index (Phi) is 4.18. The van der Waals surface area contributed by atoms with Gasteiger partial charge in [-0.05, 0) is 17.7 Å². The molecule has 2 aromatic rings. The standard InChI is InChI=1S/C15H14N2O4/c1-10(18)16-12-6-3-5-11(9-12)13-7-4-8-14(17(19)20)15(13)21-2/h3-9H,1-2H3,(H,16,18). The second-order valence-corrected chi connectivity index (χ2v) is 4.38. The molecule has 108 valence electrons. The minimum absolute atomic E-state index is 0.0973. The van der Waals surface area contributed by atoms with E-state index in [0.717, 1.165) is 5.56 Å². The number of carbonyl (C=O) groups excluding carboxylic acids is 1. The Morgan fingerprint density at radius 2 is 1.95 bits per heavy atom. The molecule has 0 aliphatic carbocycles. The van der Waals surface area contributed by atoms with Crippen molar-refractivity contribution in [2.75, 3.05) is 12.4 Å². The van der Waals surface area contributed by atoms with Gasteiger partial charge in [0.15, 0.2) is 0 Å². The van der Waals surface area contributed by atoms with Crippen molar-refractivity contribution in [3.8, 4) is 16.9 Å². The van der Waals surface area contributed by atoms with E-state index in [0.29, 0.717) is 11.3 Å². The van der Waals surface area contributed by atoms with E-state index in [-0.39, 0.29) is 17.3 Å². The number of methoxy groups -OCH3 is 1. The summed E-state index contributed by atoms with van der Waals surface area (Å²) >= 11 is 0. The molecule has 0 saturated heterocycles. The van der Waals surface area contributed by atoms with Gasteiger partial charge < -0.3 is 10.1 Å². The number of hydrogen-bond acceptors (Lipinski definition) is 4. The maximum Gasteiger partial charge on any atom is 0.311 e. The fourth-order valence-electron chi connectivity index (χ4n) is 2.08. The van der Waals surface area contributed by atoms with Crippen molar-refractivity contribution >= 4 is 17.3 Å². The second kappa shape index (κ2) is 6.04. The number of nitro groups is 1. The van der Waals surface area contributed by atoms with E-state index in [1.165, 1.54) is 20.1 Å². The second-order valence-electron chi connectivity index (χ2n) is 4.38. The highest BCUT2D eigenvalue weighted by Crippen LogP contribution is 2.38. The first-order valence-corrected chi connectivity index (χ1v) is 6.22. The summed E-state index contributed by atoms with van der Waals surface area (Å²) in [4.78, 5) is 21.7. The predicted molar refractivity (Wildman–Crippen MR) is 79.4 cm³/mol. The number of hydrogen-bond donors (Lipinski definition) is 1. The Labute approximate surface area is 121 Å². The van der Waals surface area contributed by atoms with E-state index in [2.05, 4.69) is 5.32 Å². The molecule has 0 aromatic heterocycles. The fourth-order valence-corrected chi connectivity index (χ4v) is 2.08. The van der Waals surface area contributed by atoms with Crippen LogP contribution in [-0.4, -0.2) is 17.9 Å². The van der Waals surface area contributed by atoms with Gasteiger partial charge in [0.2, 0.25) is 11.7 Å². The number of amides is 1. The van der Waals surface area contributed by atoms with Gasteiger partial charge >= 0.3 is 5.69 Å². The largest absolute Gasteiger partial charge is 0.490 e. The molecule has 1 N–H and O–H groups in total. The zero-order chi connectivity index (χ0) is 15.4. The maximum absolute atomic E-state index is 11.1. The van der Waals surface area contributed by atoms with Gasteiger partial charge in [-0.25, -0.2) is 0 Å². The van der Waals surface area contributed by atoms with Gasteiger partial charge in [0, 0.05) is 24.2 Å². The molecule has 0 saturated carbocycles. The summed E-state index contributed by atoms with van der Waals surface area (Å²) in [6, 6.07) is 11.8. The van der Waals surface area contributed by atoms with Gasteiger partial charge in [0.25, 0.3) is 0 Å². The third kappa shape index (κ3) is 3.17. The number of para-hydroxylation sites is 1. The van der Waals surface area contributed by atoms with E-state index in [9.17, 15) is 14.9 Å². The molecular weight excluding hydrogens is 272 g/mol. The van der Waals surface area contributed by atoms with Gasteiger partial charge in [-0.3, -0.25) is 14.9 Å². The minimum Gasteiger partial charge on any atom is -0.490 e. The van der Waals surface area contributed by atoms with Crippen molar-refractivity contribution < 1.29 is 14.5 Å². The zero-order valence-corrected chi connectivity index (χ0v) is 11.6. The van der Waals surface area contributed by atoms with Gasteiger partial charge in [-0.2, -0.15) is 0 Å². The van der Waals surface area contributed by atoms with Crippen LogP contribution >= 0.6 is 0 Å². The van der Waals surface area contributed by atoms with Crippen LogP contribution in [0.25, 0.3) is 11.1 Å². The lowest BCUT2D eigenvalue weighted by molar-refractivity contribution is -0.385. The molecule has 1 amide bonds. The summed E-state index contributed by atoms with van der Waals surface area (Å²) in [5.41, 5.74) is 1.84. The molecule has 0 radical (unpaired) electrons. The van der Waals surface area contributed by atoms with Gasteiger partial charge in [-0.15, -0.1) is 0 Å². The average molecular weight is 286 g/mol. The Balaban J connectivity index is 2.54. The smallest absolute Gasteiger partial charge is 0.311 e. The molecule has 6 nitrogen and oxygen atoms in total. The molecule has 0 heterocycles. The summed E-state index contributed by atoms with van der Waals surface area (Å²) in [5.74, 6) is 0.0145.